The molecular weight excluding hydrogens is 256 g/mol. The van der Waals surface area contributed by atoms with Gasteiger partial charge in [0.05, 0.1) is 0 Å². The van der Waals surface area contributed by atoms with E-state index in [1.807, 2.05) is 19.1 Å². The SMILES string of the molecule is CCCCNC(=O)NC(=O)c1ccc(CNNC)cc1. The van der Waals surface area contributed by atoms with Gasteiger partial charge < -0.3 is 5.32 Å². The number of nitrogens with one attached hydrogen (secondary N) is 4. The molecule has 0 saturated carbocycles. The van der Waals surface area contributed by atoms with Crippen LogP contribution in [0.2, 0.25) is 0 Å². The molecule has 0 bridgehead atoms. The molecule has 0 unspecified atom stereocenters. The number of carbonyl (C=O) groups is 2. The van der Waals surface area contributed by atoms with Gasteiger partial charge in [0.2, 0.25) is 0 Å². The summed E-state index contributed by atoms with van der Waals surface area (Å²) >= 11 is 0. The highest BCUT2D eigenvalue weighted by Gasteiger charge is 2.09. The van der Waals surface area contributed by atoms with Crippen LogP contribution in [0.3, 0.4) is 0 Å². The Labute approximate surface area is 119 Å². The number of unbranched alkanes of at least 4 members (excludes halogenated alkanes) is 1. The van der Waals surface area contributed by atoms with Gasteiger partial charge in [0.25, 0.3) is 5.91 Å². The van der Waals surface area contributed by atoms with Crippen molar-refractivity contribution in [2.45, 2.75) is 26.3 Å². The van der Waals surface area contributed by atoms with Crippen LogP contribution in [0.4, 0.5) is 4.79 Å². The summed E-state index contributed by atoms with van der Waals surface area (Å²) in [6.07, 6.45) is 1.89. The minimum Gasteiger partial charge on any atom is -0.338 e. The topological polar surface area (TPSA) is 82.3 Å². The fourth-order valence-corrected chi connectivity index (χ4v) is 1.56. The molecule has 3 amide bonds. The number of urea groups is 1. The average Bonchev–Trinajstić information content (AvgIpc) is 2.46. The second-order valence-corrected chi connectivity index (χ2v) is 4.36. The molecular formula is C14H22N4O2. The van der Waals surface area contributed by atoms with Crippen molar-refractivity contribution in [1.29, 1.82) is 0 Å². The van der Waals surface area contributed by atoms with Crippen molar-refractivity contribution in [2.24, 2.45) is 0 Å². The molecule has 6 nitrogen and oxygen atoms in total. The maximum absolute atomic E-state index is 11.8. The summed E-state index contributed by atoms with van der Waals surface area (Å²) in [7, 11) is 1.79. The summed E-state index contributed by atoms with van der Waals surface area (Å²) in [5, 5.41) is 4.94. The van der Waals surface area contributed by atoms with Crippen LogP contribution in [0.1, 0.15) is 35.7 Å². The lowest BCUT2D eigenvalue weighted by Gasteiger charge is -2.07. The van der Waals surface area contributed by atoms with Gasteiger partial charge in [-0.15, -0.1) is 0 Å². The Hall–Kier alpha value is -1.92. The third-order valence-electron chi connectivity index (χ3n) is 2.73. The van der Waals surface area contributed by atoms with Crippen LogP contribution in [-0.2, 0) is 6.54 Å². The fraction of sp³-hybridized carbons (Fsp3) is 0.429. The smallest absolute Gasteiger partial charge is 0.321 e. The Morgan fingerprint density at radius 1 is 1.15 bits per heavy atom. The van der Waals surface area contributed by atoms with Crippen LogP contribution in [-0.4, -0.2) is 25.5 Å². The summed E-state index contributed by atoms with van der Waals surface area (Å²) in [6, 6.07) is 6.62. The number of hydrogen-bond donors (Lipinski definition) is 4. The average molecular weight is 278 g/mol. The van der Waals surface area contributed by atoms with Gasteiger partial charge in [0, 0.05) is 18.7 Å². The molecule has 110 valence electrons. The first kappa shape index (κ1) is 16.1. The summed E-state index contributed by atoms with van der Waals surface area (Å²) in [4.78, 5) is 23.3. The molecule has 0 heterocycles. The molecule has 0 spiro atoms. The molecule has 6 heteroatoms. The second kappa shape index (κ2) is 9.06. The van der Waals surface area contributed by atoms with Crippen molar-refractivity contribution in [3.8, 4) is 0 Å². The third-order valence-corrected chi connectivity index (χ3v) is 2.73. The zero-order valence-corrected chi connectivity index (χ0v) is 12.0. The first-order chi connectivity index (χ1) is 9.67. The minimum absolute atomic E-state index is 0.396. The Bertz CT molecular complexity index is 431. The highest BCUT2D eigenvalue weighted by Crippen LogP contribution is 2.04. The Kier molecular flexibility index (Phi) is 7.31. The normalized spacial score (nSPS) is 10.1. The third kappa shape index (κ3) is 5.81. The summed E-state index contributed by atoms with van der Waals surface area (Å²) in [6.45, 7) is 3.27. The van der Waals surface area contributed by atoms with Crippen molar-refractivity contribution in [3.63, 3.8) is 0 Å². The van der Waals surface area contributed by atoms with Crippen LogP contribution in [0, 0.1) is 0 Å². The Balaban J connectivity index is 2.44. The van der Waals surface area contributed by atoms with E-state index < -0.39 is 11.9 Å². The van der Waals surface area contributed by atoms with Crippen LogP contribution in [0.25, 0.3) is 0 Å². The minimum atomic E-state index is -0.454. The number of rotatable bonds is 7. The van der Waals surface area contributed by atoms with Crippen LogP contribution >= 0.6 is 0 Å². The zero-order chi connectivity index (χ0) is 14.8. The predicted molar refractivity (Wildman–Crippen MR) is 78.1 cm³/mol. The maximum Gasteiger partial charge on any atom is 0.321 e. The molecule has 0 saturated heterocycles. The van der Waals surface area contributed by atoms with E-state index in [0.717, 1.165) is 18.4 Å². The molecule has 1 aromatic carbocycles. The highest BCUT2D eigenvalue weighted by atomic mass is 16.2. The largest absolute Gasteiger partial charge is 0.338 e. The number of imide groups is 1. The van der Waals surface area contributed by atoms with Gasteiger partial charge in [-0.3, -0.25) is 21.0 Å². The van der Waals surface area contributed by atoms with Crippen LogP contribution in [0.15, 0.2) is 24.3 Å². The van der Waals surface area contributed by atoms with E-state index in [4.69, 9.17) is 0 Å². The van der Waals surface area contributed by atoms with Crippen molar-refractivity contribution in [1.82, 2.24) is 21.5 Å². The number of carbonyl (C=O) groups excluding carboxylic acids is 2. The quantitative estimate of drug-likeness (QED) is 0.445. The summed E-state index contributed by atoms with van der Waals surface area (Å²) in [5.74, 6) is -0.396. The number of benzene rings is 1. The lowest BCUT2D eigenvalue weighted by atomic mass is 10.1. The first-order valence-corrected chi connectivity index (χ1v) is 6.75. The highest BCUT2D eigenvalue weighted by molar-refractivity contribution is 6.04. The van der Waals surface area contributed by atoms with E-state index in [9.17, 15) is 9.59 Å². The lowest BCUT2D eigenvalue weighted by molar-refractivity contribution is 0.0964. The standard InChI is InChI=1S/C14H22N4O2/c1-3-4-9-16-14(20)18-13(19)12-7-5-11(6-8-12)10-17-15-2/h5-8,15,17H,3-4,9-10H2,1-2H3,(H2,16,18,19,20). The second-order valence-electron chi connectivity index (χ2n) is 4.36. The first-order valence-electron chi connectivity index (χ1n) is 6.75. The number of hydrazine groups is 1. The Morgan fingerprint density at radius 3 is 2.45 bits per heavy atom. The van der Waals surface area contributed by atoms with Gasteiger partial charge in [-0.25, -0.2) is 4.79 Å². The molecule has 0 aromatic heterocycles. The molecule has 0 fully saturated rings. The molecule has 0 aliphatic rings. The van der Waals surface area contributed by atoms with Crippen molar-refractivity contribution in [2.75, 3.05) is 13.6 Å². The molecule has 0 aliphatic carbocycles. The molecule has 0 atom stereocenters. The monoisotopic (exact) mass is 278 g/mol. The van der Waals surface area contributed by atoms with Gasteiger partial charge in [0.15, 0.2) is 0 Å². The van der Waals surface area contributed by atoms with E-state index in [1.54, 1.807) is 19.2 Å². The molecule has 0 aliphatic heterocycles. The van der Waals surface area contributed by atoms with Crippen molar-refractivity contribution >= 4 is 11.9 Å². The molecule has 1 aromatic rings. The van der Waals surface area contributed by atoms with Gasteiger partial charge >= 0.3 is 6.03 Å². The van der Waals surface area contributed by atoms with E-state index in [1.165, 1.54) is 0 Å². The van der Waals surface area contributed by atoms with E-state index in [2.05, 4.69) is 21.5 Å². The van der Waals surface area contributed by atoms with E-state index >= 15 is 0 Å². The van der Waals surface area contributed by atoms with E-state index in [0.29, 0.717) is 18.7 Å². The van der Waals surface area contributed by atoms with Crippen molar-refractivity contribution in [3.05, 3.63) is 35.4 Å². The number of amides is 3. The molecule has 4 N–H and O–H groups in total. The molecule has 0 radical (unpaired) electrons. The summed E-state index contributed by atoms with van der Waals surface area (Å²) in [5.41, 5.74) is 7.29. The Morgan fingerprint density at radius 2 is 1.85 bits per heavy atom. The molecule has 20 heavy (non-hydrogen) atoms. The predicted octanol–water partition coefficient (Wildman–Crippen LogP) is 1.15. The zero-order valence-electron chi connectivity index (χ0n) is 12.0. The van der Waals surface area contributed by atoms with Crippen molar-refractivity contribution < 1.29 is 9.59 Å². The van der Waals surface area contributed by atoms with E-state index in [-0.39, 0.29) is 0 Å². The lowest BCUT2D eigenvalue weighted by Crippen LogP contribution is -2.39. The summed E-state index contributed by atoms with van der Waals surface area (Å²) < 4.78 is 0. The van der Waals surface area contributed by atoms with Gasteiger partial charge in [-0.1, -0.05) is 25.5 Å². The van der Waals surface area contributed by atoms with Gasteiger partial charge in [0.1, 0.15) is 0 Å². The maximum atomic E-state index is 11.8. The molecule has 1 rings (SSSR count). The van der Waals surface area contributed by atoms with Gasteiger partial charge in [-0.2, -0.15) is 0 Å². The van der Waals surface area contributed by atoms with Crippen LogP contribution in [0.5, 0.6) is 0 Å². The van der Waals surface area contributed by atoms with Gasteiger partial charge in [-0.05, 0) is 31.2 Å². The number of hydrogen-bond acceptors (Lipinski definition) is 4. The fourth-order valence-electron chi connectivity index (χ4n) is 1.56. The van der Waals surface area contributed by atoms with Crippen LogP contribution < -0.4 is 21.5 Å².